The normalized spacial score (nSPS) is 17.0. The Bertz CT molecular complexity index is 1110. The Morgan fingerprint density at radius 1 is 1.10 bits per heavy atom. The molecular formula is C22H21N3O4. The molecule has 0 fully saturated rings. The van der Waals surface area contributed by atoms with E-state index in [0.717, 1.165) is 23.1 Å². The Balaban J connectivity index is 1.94. The Kier molecular flexibility index (Phi) is 4.80. The number of aromatic hydroxyl groups is 1. The van der Waals surface area contributed by atoms with Gasteiger partial charge in [0.05, 0.1) is 19.3 Å². The Hall–Kier alpha value is -3.61. The summed E-state index contributed by atoms with van der Waals surface area (Å²) in [6.07, 6.45) is 1.05. The molecule has 29 heavy (non-hydrogen) atoms. The summed E-state index contributed by atoms with van der Waals surface area (Å²) in [6.45, 7) is 0.373. The van der Waals surface area contributed by atoms with Gasteiger partial charge in [0.25, 0.3) is 5.91 Å². The second-order valence-corrected chi connectivity index (χ2v) is 7.07. The minimum atomic E-state index is -0.670. The average Bonchev–Trinajstić information content (AvgIpc) is 2.75. The van der Waals surface area contributed by atoms with E-state index in [1.165, 1.54) is 9.58 Å². The highest BCUT2D eigenvalue weighted by Crippen LogP contribution is 2.39. The fourth-order valence-corrected chi connectivity index (χ4v) is 3.91. The summed E-state index contributed by atoms with van der Waals surface area (Å²) in [4.78, 5) is 26.1. The number of carbonyl (C=O) groups is 1. The zero-order chi connectivity index (χ0) is 20.5. The average molecular weight is 391 g/mol. The molecule has 1 amide bonds. The van der Waals surface area contributed by atoms with Crippen molar-refractivity contribution in [3.05, 3.63) is 87.8 Å². The van der Waals surface area contributed by atoms with Crippen LogP contribution >= 0.6 is 0 Å². The van der Waals surface area contributed by atoms with Gasteiger partial charge in [0, 0.05) is 19.5 Å². The lowest BCUT2D eigenvalue weighted by molar-refractivity contribution is 0.0686. The molecule has 2 heterocycles. The van der Waals surface area contributed by atoms with Gasteiger partial charge >= 0.3 is 0 Å². The van der Waals surface area contributed by atoms with Crippen LogP contribution in [0.1, 0.15) is 33.6 Å². The molecular weight excluding hydrogens is 370 g/mol. The van der Waals surface area contributed by atoms with Gasteiger partial charge in [0.15, 0.2) is 11.4 Å². The molecule has 0 radical (unpaired) electrons. The van der Waals surface area contributed by atoms with Gasteiger partial charge in [-0.25, -0.2) is 0 Å². The number of aromatic nitrogens is 2. The van der Waals surface area contributed by atoms with Crippen molar-refractivity contribution in [2.45, 2.75) is 12.0 Å². The molecule has 0 aliphatic carbocycles. The molecule has 3 aromatic rings. The molecule has 0 spiro atoms. The zero-order valence-electron chi connectivity index (χ0n) is 16.1. The SMILES string of the molecule is COc1cccc([C@@H](c2ccccc2)[C@@H]2CN(C)C(=O)c3c(O)c(=O)cnn32)c1. The lowest BCUT2D eigenvalue weighted by Crippen LogP contribution is -2.45. The number of likely N-dealkylation sites (N-methyl/N-ethyl adjacent to an activating group) is 1. The van der Waals surface area contributed by atoms with E-state index in [4.69, 9.17) is 4.74 Å². The summed E-state index contributed by atoms with van der Waals surface area (Å²) in [6, 6.07) is 17.3. The second kappa shape index (κ2) is 7.43. The molecule has 1 aliphatic heterocycles. The maximum Gasteiger partial charge on any atom is 0.275 e. The van der Waals surface area contributed by atoms with Crippen LogP contribution in [0.4, 0.5) is 0 Å². The van der Waals surface area contributed by atoms with Crippen LogP contribution in [0, 0.1) is 0 Å². The summed E-state index contributed by atoms with van der Waals surface area (Å²) < 4.78 is 6.88. The number of nitrogens with zero attached hydrogens (tertiary/aromatic N) is 3. The van der Waals surface area contributed by atoms with Gasteiger partial charge in [0.2, 0.25) is 5.43 Å². The number of rotatable bonds is 4. The van der Waals surface area contributed by atoms with Crippen molar-refractivity contribution in [1.82, 2.24) is 14.7 Å². The molecule has 2 atom stereocenters. The van der Waals surface area contributed by atoms with Crippen molar-refractivity contribution in [3.63, 3.8) is 0 Å². The van der Waals surface area contributed by atoms with Gasteiger partial charge in [-0.15, -0.1) is 0 Å². The van der Waals surface area contributed by atoms with Crippen LogP contribution in [0.25, 0.3) is 0 Å². The molecule has 1 N–H and O–H groups in total. The zero-order valence-corrected chi connectivity index (χ0v) is 16.1. The number of hydrogen-bond donors (Lipinski definition) is 1. The predicted octanol–water partition coefficient (Wildman–Crippen LogP) is 2.42. The number of methoxy groups -OCH3 is 1. The third-order valence-electron chi connectivity index (χ3n) is 5.31. The van der Waals surface area contributed by atoms with Gasteiger partial charge in [-0.05, 0) is 23.3 Å². The molecule has 148 valence electrons. The van der Waals surface area contributed by atoms with Crippen molar-refractivity contribution in [3.8, 4) is 11.5 Å². The molecule has 4 rings (SSSR count). The van der Waals surface area contributed by atoms with Gasteiger partial charge < -0.3 is 14.7 Å². The van der Waals surface area contributed by atoms with Crippen LogP contribution < -0.4 is 10.2 Å². The number of hydrogen-bond acceptors (Lipinski definition) is 5. The first kappa shape index (κ1) is 18.7. The van der Waals surface area contributed by atoms with Crippen LogP contribution in [0.2, 0.25) is 0 Å². The van der Waals surface area contributed by atoms with Crippen LogP contribution in [-0.2, 0) is 0 Å². The lowest BCUT2D eigenvalue weighted by atomic mass is 9.83. The first-order valence-electron chi connectivity index (χ1n) is 9.26. The summed E-state index contributed by atoms with van der Waals surface area (Å²) in [5.41, 5.74) is 1.25. The number of amides is 1. The predicted molar refractivity (Wildman–Crippen MR) is 107 cm³/mol. The monoisotopic (exact) mass is 391 g/mol. The van der Waals surface area contributed by atoms with Gasteiger partial charge in [0.1, 0.15) is 5.75 Å². The molecule has 2 aromatic carbocycles. The van der Waals surface area contributed by atoms with E-state index in [-0.39, 0.29) is 17.7 Å². The van der Waals surface area contributed by atoms with E-state index in [2.05, 4.69) is 5.10 Å². The maximum absolute atomic E-state index is 12.7. The Morgan fingerprint density at radius 2 is 1.83 bits per heavy atom. The fraction of sp³-hybridized carbons (Fsp3) is 0.227. The first-order valence-corrected chi connectivity index (χ1v) is 9.26. The molecule has 0 saturated heterocycles. The van der Waals surface area contributed by atoms with E-state index in [9.17, 15) is 14.7 Å². The van der Waals surface area contributed by atoms with Crippen LogP contribution in [-0.4, -0.2) is 46.4 Å². The summed E-state index contributed by atoms with van der Waals surface area (Å²) >= 11 is 0. The smallest absolute Gasteiger partial charge is 0.275 e. The van der Waals surface area contributed by atoms with Gasteiger partial charge in [-0.3, -0.25) is 14.3 Å². The maximum atomic E-state index is 12.7. The molecule has 1 aromatic heterocycles. The lowest BCUT2D eigenvalue weighted by Gasteiger charge is -2.37. The summed E-state index contributed by atoms with van der Waals surface area (Å²) in [5.74, 6) is -0.463. The molecule has 7 nitrogen and oxygen atoms in total. The molecule has 0 unspecified atom stereocenters. The quantitative estimate of drug-likeness (QED) is 0.738. The van der Waals surface area contributed by atoms with Crippen LogP contribution in [0.5, 0.6) is 11.5 Å². The van der Waals surface area contributed by atoms with Crippen LogP contribution in [0.3, 0.4) is 0 Å². The Labute approximate surface area is 167 Å². The summed E-state index contributed by atoms with van der Waals surface area (Å²) in [7, 11) is 3.27. The fourth-order valence-electron chi connectivity index (χ4n) is 3.91. The van der Waals surface area contributed by atoms with Crippen molar-refractivity contribution in [1.29, 1.82) is 0 Å². The summed E-state index contributed by atoms with van der Waals surface area (Å²) in [5, 5.41) is 14.5. The van der Waals surface area contributed by atoms with Crippen molar-refractivity contribution >= 4 is 5.91 Å². The third kappa shape index (κ3) is 3.24. The van der Waals surface area contributed by atoms with Gasteiger partial charge in [-0.1, -0.05) is 42.5 Å². The molecule has 0 bridgehead atoms. The van der Waals surface area contributed by atoms with E-state index < -0.39 is 17.1 Å². The standard InChI is InChI=1S/C22H21N3O4/c1-24-13-17(25-20(22(24)28)21(27)18(26)12-23-25)19(14-7-4-3-5-8-14)15-9-6-10-16(11-15)29-2/h3-12,17,19,27H,13H2,1-2H3/t17-,19+/m0/s1. The van der Waals surface area contributed by atoms with Crippen LogP contribution in [0.15, 0.2) is 65.6 Å². The molecule has 1 aliphatic rings. The van der Waals surface area contributed by atoms with E-state index in [0.29, 0.717) is 6.54 Å². The topological polar surface area (TPSA) is 84.7 Å². The van der Waals surface area contributed by atoms with E-state index in [1.807, 2.05) is 54.6 Å². The molecule has 0 saturated carbocycles. The van der Waals surface area contributed by atoms with Crippen molar-refractivity contribution in [2.75, 3.05) is 20.7 Å². The van der Waals surface area contributed by atoms with Crippen molar-refractivity contribution < 1.29 is 14.6 Å². The number of benzene rings is 2. The number of ether oxygens (including phenoxy) is 1. The highest BCUT2D eigenvalue weighted by Gasteiger charge is 2.38. The minimum absolute atomic E-state index is 0.0833. The largest absolute Gasteiger partial charge is 0.502 e. The first-order chi connectivity index (χ1) is 14.0. The second-order valence-electron chi connectivity index (χ2n) is 7.07. The number of carbonyl (C=O) groups excluding carboxylic acids is 1. The highest BCUT2D eigenvalue weighted by atomic mass is 16.5. The number of fused-ring (bicyclic) bond motifs is 1. The van der Waals surface area contributed by atoms with Gasteiger partial charge in [-0.2, -0.15) is 5.10 Å². The molecule has 7 heteroatoms. The van der Waals surface area contributed by atoms with E-state index >= 15 is 0 Å². The van der Waals surface area contributed by atoms with E-state index in [1.54, 1.807) is 14.2 Å². The Morgan fingerprint density at radius 3 is 2.55 bits per heavy atom. The highest BCUT2D eigenvalue weighted by molar-refractivity contribution is 5.95. The van der Waals surface area contributed by atoms with Crippen molar-refractivity contribution in [2.24, 2.45) is 0 Å². The minimum Gasteiger partial charge on any atom is -0.502 e. The third-order valence-corrected chi connectivity index (χ3v) is 5.31.